The highest BCUT2D eigenvalue weighted by molar-refractivity contribution is 7.09. The Hall–Kier alpha value is -3.43. The van der Waals surface area contributed by atoms with Gasteiger partial charge in [-0.3, -0.25) is 4.98 Å². The molecule has 4 aromatic rings. The number of rotatable bonds is 6. The molecule has 1 aliphatic rings. The molecule has 1 atom stereocenters. The first-order chi connectivity index (χ1) is 15.6. The van der Waals surface area contributed by atoms with Crippen molar-refractivity contribution in [3.05, 3.63) is 64.3 Å². The second-order valence-corrected chi connectivity index (χ2v) is 8.56. The van der Waals surface area contributed by atoms with Crippen molar-refractivity contribution >= 4 is 57.1 Å². The van der Waals surface area contributed by atoms with Crippen LogP contribution in [0.15, 0.2) is 59.4 Å². The second-order valence-electron chi connectivity index (χ2n) is 7.18. The summed E-state index contributed by atoms with van der Waals surface area (Å²) in [4.78, 5) is 18.2. The van der Waals surface area contributed by atoms with E-state index in [1.165, 1.54) is 17.7 Å². The van der Waals surface area contributed by atoms with Gasteiger partial charge in [0.15, 0.2) is 0 Å². The molecule has 32 heavy (non-hydrogen) atoms. The van der Waals surface area contributed by atoms with E-state index in [1.807, 2.05) is 43.3 Å². The molecule has 2 N–H and O–H groups in total. The summed E-state index contributed by atoms with van der Waals surface area (Å²) in [6.45, 7) is 3.06. The third-order valence-electron chi connectivity index (χ3n) is 4.74. The molecule has 0 saturated carbocycles. The van der Waals surface area contributed by atoms with Gasteiger partial charge in [-0.15, -0.1) is 11.3 Å². The summed E-state index contributed by atoms with van der Waals surface area (Å²) in [5, 5.41) is 7.88. The largest absolute Gasteiger partial charge is 0.486 e. The maximum Gasteiger partial charge on any atom is 0.289 e. The maximum absolute atomic E-state index is 6.44. The first kappa shape index (κ1) is 20.5. The highest BCUT2D eigenvalue weighted by Crippen LogP contribution is 2.31. The summed E-state index contributed by atoms with van der Waals surface area (Å²) >= 11 is 7.98. The normalized spacial score (nSPS) is 15.3. The second kappa shape index (κ2) is 8.97. The molecular formula is C22H19ClN6O2S. The molecular weight excluding hydrogens is 448 g/mol. The molecule has 2 aromatic carbocycles. The molecule has 0 saturated heterocycles. The monoisotopic (exact) mass is 466 g/mol. The van der Waals surface area contributed by atoms with Crippen LogP contribution < -0.4 is 15.4 Å². The lowest BCUT2D eigenvalue weighted by molar-refractivity contribution is 0.245. The van der Waals surface area contributed by atoms with E-state index in [9.17, 15) is 0 Å². The van der Waals surface area contributed by atoms with Crippen LogP contribution in [0.4, 0.5) is 17.2 Å². The number of amidine groups is 1. The Morgan fingerprint density at radius 2 is 2.03 bits per heavy atom. The third-order valence-corrected chi connectivity index (χ3v) is 5.79. The van der Waals surface area contributed by atoms with Crippen LogP contribution in [0.2, 0.25) is 5.02 Å². The van der Waals surface area contributed by atoms with Crippen LogP contribution in [0.3, 0.4) is 0 Å². The number of aliphatic imine (C=N–C) groups is 1. The van der Waals surface area contributed by atoms with Gasteiger partial charge in [0.25, 0.3) is 6.02 Å². The number of halogens is 1. The molecule has 0 amide bonds. The molecule has 10 heteroatoms. The summed E-state index contributed by atoms with van der Waals surface area (Å²) in [6.07, 6.45) is 3.39. The zero-order valence-corrected chi connectivity index (χ0v) is 18.7. The molecule has 5 rings (SSSR count). The Balaban J connectivity index is 1.35. The van der Waals surface area contributed by atoms with E-state index in [1.54, 1.807) is 11.7 Å². The van der Waals surface area contributed by atoms with Crippen molar-refractivity contribution in [2.75, 3.05) is 17.2 Å². The van der Waals surface area contributed by atoms with Crippen molar-refractivity contribution in [3.8, 4) is 5.75 Å². The van der Waals surface area contributed by atoms with Gasteiger partial charge in [-0.2, -0.15) is 0 Å². The Kier molecular flexibility index (Phi) is 5.74. The van der Waals surface area contributed by atoms with Gasteiger partial charge in [0.2, 0.25) is 0 Å². The first-order valence-corrected chi connectivity index (χ1v) is 11.2. The zero-order valence-electron chi connectivity index (χ0n) is 17.1. The van der Waals surface area contributed by atoms with Gasteiger partial charge >= 0.3 is 0 Å². The van der Waals surface area contributed by atoms with Crippen LogP contribution in [-0.4, -0.2) is 33.6 Å². The molecule has 0 fully saturated rings. The fourth-order valence-electron chi connectivity index (χ4n) is 3.20. The number of benzene rings is 2. The lowest BCUT2D eigenvalue weighted by Gasteiger charge is -2.13. The number of nitrogens with one attached hydrogen (secondary N) is 2. The van der Waals surface area contributed by atoms with Crippen molar-refractivity contribution < 1.29 is 9.47 Å². The number of hydrogen-bond acceptors (Lipinski definition) is 9. The number of ether oxygens (including phenoxy) is 2. The van der Waals surface area contributed by atoms with Crippen molar-refractivity contribution in [1.29, 1.82) is 0 Å². The summed E-state index contributed by atoms with van der Waals surface area (Å²) < 4.78 is 11.4. The summed E-state index contributed by atoms with van der Waals surface area (Å²) in [7, 11) is 0. The van der Waals surface area contributed by atoms with Gasteiger partial charge < -0.3 is 20.1 Å². The lowest BCUT2D eigenvalue weighted by Crippen LogP contribution is -2.15. The number of aromatic nitrogens is 3. The van der Waals surface area contributed by atoms with Crippen LogP contribution in [0.1, 0.15) is 11.8 Å². The topological polar surface area (TPSA) is 93.6 Å². The number of thiazole rings is 1. The number of hydrogen-bond donors (Lipinski definition) is 2. The Labute approximate surface area is 193 Å². The Bertz CT molecular complexity index is 1280. The first-order valence-electron chi connectivity index (χ1n) is 9.94. The average Bonchev–Trinajstić information content (AvgIpc) is 3.45. The molecule has 1 aliphatic heterocycles. The summed E-state index contributed by atoms with van der Waals surface area (Å²) in [6, 6.07) is 11.9. The molecule has 0 spiro atoms. The predicted molar refractivity (Wildman–Crippen MR) is 127 cm³/mol. The third kappa shape index (κ3) is 4.58. The minimum atomic E-state index is 0.0807. The molecule has 3 heterocycles. The molecule has 0 bridgehead atoms. The van der Waals surface area contributed by atoms with Gasteiger partial charge in [0, 0.05) is 23.0 Å². The lowest BCUT2D eigenvalue weighted by atomic mass is 10.2. The highest BCUT2D eigenvalue weighted by atomic mass is 35.5. The van der Waals surface area contributed by atoms with Crippen molar-refractivity contribution in [3.63, 3.8) is 0 Å². The fraction of sp³-hybridized carbons (Fsp3) is 0.182. The number of anilines is 3. The minimum Gasteiger partial charge on any atom is -0.486 e. The van der Waals surface area contributed by atoms with E-state index in [4.69, 9.17) is 21.1 Å². The van der Waals surface area contributed by atoms with E-state index in [0.717, 1.165) is 27.2 Å². The number of nitrogens with zero attached hydrogens (tertiary/aromatic N) is 4. The smallest absolute Gasteiger partial charge is 0.289 e. The van der Waals surface area contributed by atoms with E-state index in [0.29, 0.717) is 35.8 Å². The van der Waals surface area contributed by atoms with E-state index >= 15 is 0 Å². The van der Waals surface area contributed by atoms with Gasteiger partial charge in [-0.1, -0.05) is 11.6 Å². The van der Waals surface area contributed by atoms with E-state index in [-0.39, 0.29) is 6.10 Å². The average molecular weight is 467 g/mol. The SMILES string of the molecule is CC1CN=C(Nc2ccc3ncnc(Nc4ccc(OCc5cncs5)c(Cl)c4)c3c2)O1. The molecule has 2 aromatic heterocycles. The summed E-state index contributed by atoms with van der Waals surface area (Å²) in [5.41, 5.74) is 4.21. The van der Waals surface area contributed by atoms with Crippen LogP contribution in [0, 0.1) is 0 Å². The van der Waals surface area contributed by atoms with Gasteiger partial charge in [-0.05, 0) is 43.3 Å². The van der Waals surface area contributed by atoms with Gasteiger partial charge in [0.1, 0.15) is 30.6 Å². The van der Waals surface area contributed by atoms with E-state index < -0.39 is 0 Å². The van der Waals surface area contributed by atoms with Crippen molar-refractivity contribution in [1.82, 2.24) is 15.0 Å². The van der Waals surface area contributed by atoms with Crippen LogP contribution >= 0.6 is 22.9 Å². The highest BCUT2D eigenvalue weighted by Gasteiger charge is 2.15. The molecule has 162 valence electrons. The van der Waals surface area contributed by atoms with Gasteiger partial charge in [-0.25, -0.2) is 15.0 Å². The minimum absolute atomic E-state index is 0.0807. The molecule has 0 aliphatic carbocycles. The van der Waals surface area contributed by atoms with Crippen molar-refractivity contribution in [2.45, 2.75) is 19.6 Å². The summed E-state index contributed by atoms with van der Waals surface area (Å²) in [5.74, 6) is 1.27. The Morgan fingerprint density at radius 3 is 2.81 bits per heavy atom. The van der Waals surface area contributed by atoms with Crippen molar-refractivity contribution in [2.24, 2.45) is 4.99 Å². The standard InChI is InChI=1S/C22H19ClN6O2S/c1-13-8-25-22(31-13)29-14-2-4-19-17(6-14)21(27-11-26-19)28-15-3-5-20(18(23)7-15)30-10-16-9-24-12-32-16/h2-7,9,11-13H,8,10H2,1H3,(H,25,29)(H,26,27,28). The van der Waals surface area contributed by atoms with Crippen LogP contribution in [0.5, 0.6) is 5.75 Å². The maximum atomic E-state index is 6.44. The van der Waals surface area contributed by atoms with E-state index in [2.05, 4.69) is 30.6 Å². The predicted octanol–water partition coefficient (Wildman–Crippen LogP) is 5.25. The fourth-order valence-corrected chi connectivity index (χ4v) is 3.94. The Morgan fingerprint density at radius 1 is 1.16 bits per heavy atom. The quantitative estimate of drug-likeness (QED) is 0.401. The van der Waals surface area contributed by atoms with Gasteiger partial charge in [0.05, 0.1) is 27.5 Å². The van der Waals surface area contributed by atoms with Crippen LogP contribution in [0.25, 0.3) is 10.9 Å². The molecule has 8 nitrogen and oxygen atoms in total. The number of fused-ring (bicyclic) bond motifs is 1. The molecule has 0 radical (unpaired) electrons. The zero-order chi connectivity index (χ0) is 21.9. The molecule has 1 unspecified atom stereocenters. The van der Waals surface area contributed by atoms with Crippen LogP contribution in [-0.2, 0) is 11.3 Å².